The number of sulfonamides is 1. The van der Waals surface area contributed by atoms with E-state index in [-0.39, 0.29) is 22.7 Å². The molecule has 1 spiro atoms. The van der Waals surface area contributed by atoms with Gasteiger partial charge in [0.15, 0.2) is 0 Å². The molecule has 194 valence electrons. The van der Waals surface area contributed by atoms with Crippen LogP contribution in [0.25, 0.3) is 11.3 Å². The van der Waals surface area contributed by atoms with Crippen LogP contribution in [-0.4, -0.2) is 50.1 Å². The molecule has 1 atom stereocenters. The van der Waals surface area contributed by atoms with Crippen molar-refractivity contribution in [1.82, 2.24) is 29.6 Å². The van der Waals surface area contributed by atoms with Crippen LogP contribution < -0.4 is 5.32 Å². The van der Waals surface area contributed by atoms with Crippen LogP contribution in [0.5, 0.6) is 0 Å². The fraction of sp³-hybridized carbons (Fsp3) is 0.348. The molecule has 2 aliphatic rings. The molecule has 3 heterocycles. The number of carbonyl (C=O) groups excluding carboxylic acids is 1. The summed E-state index contributed by atoms with van der Waals surface area (Å²) in [5, 5.41) is 2.70. The topological polar surface area (TPSA) is 118 Å². The van der Waals surface area contributed by atoms with Gasteiger partial charge in [0.1, 0.15) is 18.2 Å². The molecule has 1 saturated carbocycles. The lowest BCUT2D eigenvalue weighted by Gasteiger charge is -2.28. The highest BCUT2D eigenvalue weighted by atomic mass is 32.2. The Hall–Kier alpha value is -3.52. The zero-order valence-electron chi connectivity index (χ0n) is 19.1. The molecule has 1 aliphatic carbocycles. The van der Waals surface area contributed by atoms with E-state index in [0.717, 1.165) is 24.5 Å². The molecule has 1 aliphatic heterocycles. The Morgan fingerprint density at radius 1 is 1.05 bits per heavy atom. The lowest BCUT2D eigenvalue weighted by Crippen LogP contribution is -2.49. The molecule has 1 aromatic carbocycles. The van der Waals surface area contributed by atoms with Gasteiger partial charge in [0.25, 0.3) is 0 Å². The van der Waals surface area contributed by atoms with Gasteiger partial charge in [-0.1, -0.05) is 0 Å². The first kappa shape index (κ1) is 25.1. The van der Waals surface area contributed by atoms with Gasteiger partial charge in [0.05, 0.1) is 22.8 Å². The average molecular weight is 537 g/mol. The molecule has 0 radical (unpaired) electrons. The monoisotopic (exact) mass is 536 g/mol. The first-order chi connectivity index (χ1) is 17.5. The fourth-order valence-electron chi connectivity index (χ4n) is 4.51. The molecule has 2 fully saturated rings. The summed E-state index contributed by atoms with van der Waals surface area (Å²) in [6.07, 6.45) is 0.661. The van der Waals surface area contributed by atoms with E-state index in [1.807, 2.05) is 0 Å². The minimum atomic E-state index is -4.67. The van der Waals surface area contributed by atoms with Crippen molar-refractivity contribution in [2.75, 3.05) is 0 Å². The van der Waals surface area contributed by atoms with Gasteiger partial charge < -0.3 is 5.32 Å². The highest BCUT2D eigenvalue weighted by Gasteiger charge is 2.61. The van der Waals surface area contributed by atoms with E-state index in [2.05, 4.69) is 25.3 Å². The summed E-state index contributed by atoms with van der Waals surface area (Å²) >= 11 is 0. The van der Waals surface area contributed by atoms with Crippen molar-refractivity contribution >= 4 is 15.9 Å². The highest BCUT2D eigenvalue weighted by Crippen LogP contribution is 2.54. The Labute approximate surface area is 209 Å². The zero-order valence-corrected chi connectivity index (χ0v) is 19.9. The van der Waals surface area contributed by atoms with Crippen molar-refractivity contribution in [2.24, 2.45) is 0 Å². The number of amides is 1. The number of nitrogens with one attached hydrogen (secondary N) is 1. The van der Waals surface area contributed by atoms with Crippen molar-refractivity contribution in [3.63, 3.8) is 0 Å². The number of aromatic nitrogens is 4. The largest absolute Gasteiger partial charge is 0.451 e. The second-order valence-corrected chi connectivity index (χ2v) is 10.8. The maximum atomic E-state index is 13.4. The van der Waals surface area contributed by atoms with Crippen molar-refractivity contribution in [3.8, 4) is 11.3 Å². The second-order valence-electron chi connectivity index (χ2n) is 8.94. The van der Waals surface area contributed by atoms with E-state index in [1.54, 1.807) is 0 Å². The Morgan fingerprint density at radius 3 is 2.35 bits per heavy atom. The number of benzene rings is 1. The molecule has 0 unspecified atom stereocenters. The number of hydrogen-bond donors (Lipinski definition) is 1. The van der Waals surface area contributed by atoms with E-state index >= 15 is 0 Å². The van der Waals surface area contributed by atoms with Crippen LogP contribution in [0.3, 0.4) is 0 Å². The Bertz CT molecular complexity index is 1430. The van der Waals surface area contributed by atoms with Crippen molar-refractivity contribution in [1.29, 1.82) is 0 Å². The summed E-state index contributed by atoms with van der Waals surface area (Å²) < 4.78 is 79.5. The third-order valence-electron chi connectivity index (χ3n) is 6.50. The van der Waals surface area contributed by atoms with Gasteiger partial charge >= 0.3 is 6.18 Å². The Kier molecular flexibility index (Phi) is 6.18. The minimum Gasteiger partial charge on any atom is -0.349 e. The van der Waals surface area contributed by atoms with Gasteiger partial charge in [-0.3, -0.25) is 4.79 Å². The molecule has 1 amide bonds. The SMILES string of the molecule is O=C(NCc1cc(-c2cnc(C(F)(F)F)nc2)ncn1)[C@@H]1CCC2(CC2)N1S(=O)(=O)c1ccc(F)cc1. The van der Waals surface area contributed by atoms with Crippen molar-refractivity contribution in [3.05, 3.63) is 66.4 Å². The molecule has 2 aromatic heterocycles. The van der Waals surface area contributed by atoms with E-state index in [9.17, 15) is 30.8 Å². The van der Waals surface area contributed by atoms with Crippen LogP contribution in [-0.2, 0) is 27.5 Å². The molecule has 37 heavy (non-hydrogen) atoms. The van der Waals surface area contributed by atoms with E-state index in [4.69, 9.17) is 0 Å². The van der Waals surface area contributed by atoms with Gasteiger partial charge in [-0.25, -0.2) is 32.7 Å². The molecule has 1 N–H and O–H groups in total. The van der Waals surface area contributed by atoms with Crippen LogP contribution in [0.2, 0.25) is 0 Å². The number of nitrogens with zero attached hydrogens (tertiary/aromatic N) is 5. The molecule has 14 heteroatoms. The normalized spacial score (nSPS) is 19.2. The quantitative estimate of drug-likeness (QED) is 0.481. The Morgan fingerprint density at radius 2 is 1.73 bits per heavy atom. The smallest absolute Gasteiger partial charge is 0.349 e. The Balaban J connectivity index is 1.31. The minimum absolute atomic E-state index is 0.0657. The van der Waals surface area contributed by atoms with Crippen molar-refractivity contribution < 1.29 is 30.8 Å². The lowest BCUT2D eigenvalue weighted by atomic mass is 10.1. The standard InChI is InChI=1S/C23H20F4N6O3S/c24-15-1-3-17(4-2-15)37(35,36)33-19(5-6-22(33)7-8-22)20(34)28-12-16-9-18(32-13-31-16)14-10-29-21(30-11-14)23(25,26)27/h1-4,9-11,13,19H,5-8,12H2,(H,28,34)/t19-/m0/s1. The van der Waals surface area contributed by atoms with Gasteiger partial charge in [-0.15, -0.1) is 0 Å². The second kappa shape index (κ2) is 9.10. The lowest BCUT2D eigenvalue weighted by molar-refractivity contribution is -0.145. The molecule has 0 bridgehead atoms. The fourth-order valence-corrected chi connectivity index (χ4v) is 6.54. The summed E-state index contributed by atoms with van der Waals surface area (Å²) in [7, 11) is -4.05. The first-order valence-electron chi connectivity index (χ1n) is 11.3. The van der Waals surface area contributed by atoms with Crippen LogP contribution in [0.15, 0.2) is 53.9 Å². The summed E-state index contributed by atoms with van der Waals surface area (Å²) in [5.41, 5.74) is 0.225. The summed E-state index contributed by atoms with van der Waals surface area (Å²) in [5.74, 6) is -2.35. The molecular weight excluding hydrogens is 516 g/mol. The predicted octanol–water partition coefficient (Wildman–Crippen LogP) is 3.09. The summed E-state index contributed by atoms with van der Waals surface area (Å²) in [4.78, 5) is 27.7. The average Bonchev–Trinajstić information content (AvgIpc) is 3.53. The number of rotatable bonds is 6. The van der Waals surface area contributed by atoms with Crippen molar-refractivity contribution in [2.45, 2.75) is 54.9 Å². The first-order valence-corrected chi connectivity index (χ1v) is 12.7. The zero-order chi connectivity index (χ0) is 26.4. The molecule has 9 nitrogen and oxygen atoms in total. The van der Waals surface area contributed by atoms with Gasteiger partial charge in [-0.2, -0.15) is 17.5 Å². The van der Waals surface area contributed by atoms with Crippen LogP contribution in [0, 0.1) is 5.82 Å². The predicted molar refractivity (Wildman–Crippen MR) is 120 cm³/mol. The van der Waals surface area contributed by atoms with Crippen LogP contribution in [0.4, 0.5) is 17.6 Å². The number of carbonyl (C=O) groups is 1. The van der Waals surface area contributed by atoms with E-state index in [1.165, 1.54) is 28.8 Å². The van der Waals surface area contributed by atoms with E-state index in [0.29, 0.717) is 31.4 Å². The van der Waals surface area contributed by atoms with E-state index < -0.39 is 45.3 Å². The summed E-state index contributed by atoms with van der Waals surface area (Å²) in [6.45, 7) is -0.0657. The highest BCUT2D eigenvalue weighted by molar-refractivity contribution is 7.89. The maximum Gasteiger partial charge on any atom is 0.451 e. The van der Waals surface area contributed by atoms with Crippen LogP contribution >= 0.6 is 0 Å². The molecular formula is C23H20F4N6O3S. The summed E-state index contributed by atoms with van der Waals surface area (Å²) in [6, 6.07) is 5.01. The number of hydrogen-bond acceptors (Lipinski definition) is 7. The molecule has 5 rings (SSSR count). The van der Waals surface area contributed by atoms with Gasteiger partial charge in [-0.05, 0) is 56.0 Å². The van der Waals surface area contributed by atoms with Gasteiger partial charge in [0, 0.05) is 23.5 Å². The van der Waals surface area contributed by atoms with Crippen LogP contribution in [0.1, 0.15) is 37.2 Å². The number of halogens is 4. The van der Waals surface area contributed by atoms with Gasteiger partial charge in [0.2, 0.25) is 21.8 Å². The molecule has 1 saturated heterocycles. The third kappa shape index (κ3) is 4.90. The number of alkyl halides is 3. The third-order valence-corrected chi connectivity index (χ3v) is 8.53. The molecule has 3 aromatic rings. The maximum absolute atomic E-state index is 13.4.